The van der Waals surface area contributed by atoms with Crippen LogP contribution in [0.2, 0.25) is 0 Å². The van der Waals surface area contributed by atoms with Gasteiger partial charge in [0.2, 0.25) is 11.8 Å². The normalized spacial score (nSPS) is 24.7. The zero-order valence-corrected chi connectivity index (χ0v) is 19.8. The van der Waals surface area contributed by atoms with Crippen LogP contribution < -0.4 is 5.32 Å². The van der Waals surface area contributed by atoms with E-state index in [1.807, 2.05) is 20.8 Å². The lowest BCUT2D eigenvalue weighted by atomic mass is 9.89. The first-order chi connectivity index (χ1) is 13.6. The van der Waals surface area contributed by atoms with Crippen molar-refractivity contribution in [3.05, 3.63) is 0 Å². The molecule has 29 heavy (non-hydrogen) atoms. The third kappa shape index (κ3) is 7.27. The molecule has 3 atom stereocenters. The average Bonchev–Trinajstić information content (AvgIpc) is 2.84. The zero-order chi connectivity index (χ0) is 21.6. The van der Waals surface area contributed by atoms with Crippen LogP contribution in [0.1, 0.15) is 92.4 Å². The lowest BCUT2D eigenvalue weighted by Crippen LogP contribution is -2.50. The predicted molar refractivity (Wildman–Crippen MR) is 120 cm³/mol. The molecule has 0 aliphatic carbocycles. The molecule has 2 rings (SSSR count). The molecule has 1 N–H and O–H groups in total. The molecule has 2 saturated heterocycles. The molecule has 2 aliphatic heterocycles. The molecule has 168 valence electrons. The molecule has 0 aromatic heterocycles. The van der Waals surface area contributed by atoms with Crippen molar-refractivity contribution in [1.29, 1.82) is 0 Å². The van der Waals surface area contributed by atoms with Gasteiger partial charge in [-0.25, -0.2) is 0 Å². The van der Waals surface area contributed by atoms with E-state index >= 15 is 0 Å². The van der Waals surface area contributed by atoms with Gasteiger partial charge in [-0.2, -0.15) is 0 Å². The summed E-state index contributed by atoms with van der Waals surface area (Å²) in [7, 11) is 2.27. The Labute approximate surface area is 179 Å². The highest BCUT2D eigenvalue weighted by molar-refractivity contribution is 5.85. The number of nitrogens with one attached hydrogen (secondary N) is 1. The van der Waals surface area contributed by atoms with E-state index in [1.165, 1.54) is 25.7 Å². The average molecular weight is 408 g/mol. The van der Waals surface area contributed by atoms with Crippen molar-refractivity contribution in [2.24, 2.45) is 11.3 Å². The number of amides is 2. The SMILES string of the molecule is CCCC(CCC)N(CC1C[C@H]2CC[C@@H](C1)N2C)C(=O)CNC(=O)CC(C)(C)C. The fourth-order valence-corrected chi connectivity index (χ4v) is 5.35. The van der Waals surface area contributed by atoms with Gasteiger partial charge in [-0.3, -0.25) is 9.59 Å². The smallest absolute Gasteiger partial charge is 0.242 e. The Balaban J connectivity index is 2.02. The molecule has 2 heterocycles. The Kier molecular flexibility index (Phi) is 8.99. The predicted octanol–water partition coefficient (Wildman–Crippen LogP) is 4.21. The summed E-state index contributed by atoms with van der Waals surface area (Å²) >= 11 is 0. The van der Waals surface area contributed by atoms with Crippen LogP contribution in [0.4, 0.5) is 0 Å². The topological polar surface area (TPSA) is 52.6 Å². The van der Waals surface area contributed by atoms with Crippen LogP contribution in [0.5, 0.6) is 0 Å². The van der Waals surface area contributed by atoms with E-state index in [-0.39, 0.29) is 23.8 Å². The summed E-state index contributed by atoms with van der Waals surface area (Å²) < 4.78 is 0. The third-order valence-electron chi connectivity index (χ3n) is 6.78. The molecule has 2 aliphatic rings. The second-order valence-electron chi connectivity index (χ2n) is 10.7. The fourth-order valence-electron chi connectivity index (χ4n) is 5.35. The first kappa shape index (κ1) is 24.2. The summed E-state index contributed by atoms with van der Waals surface area (Å²) in [5.74, 6) is 0.672. The Morgan fingerprint density at radius 3 is 2.10 bits per heavy atom. The minimum Gasteiger partial charge on any atom is -0.347 e. The highest BCUT2D eigenvalue weighted by Crippen LogP contribution is 2.38. The van der Waals surface area contributed by atoms with E-state index in [4.69, 9.17) is 0 Å². The maximum atomic E-state index is 13.2. The molecule has 5 nitrogen and oxygen atoms in total. The largest absolute Gasteiger partial charge is 0.347 e. The quantitative estimate of drug-likeness (QED) is 0.590. The number of hydrogen-bond donors (Lipinski definition) is 1. The van der Waals surface area contributed by atoms with Crippen molar-refractivity contribution in [1.82, 2.24) is 15.1 Å². The summed E-state index contributed by atoms with van der Waals surface area (Å²) in [6.07, 6.45) is 9.75. The summed E-state index contributed by atoms with van der Waals surface area (Å²) in [5, 5.41) is 2.89. The van der Waals surface area contributed by atoms with E-state index in [0.717, 1.165) is 32.2 Å². The van der Waals surface area contributed by atoms with Crippen LogP contribution in [0.15, 0.2) is 0 Å². The molecule has 2 fully saturated rings. The highest BCUT2D eigenvalue weighted by Gasteiger charge is 2.39. The van der Waals surface area contributed by atoms with Crippen LogP contribution in [-0.2, 0) is 9.59 Å². The van der Waals surface area contributed by atoms with Crippen molar-refractivity contribution in [2.45, 2.75) is 111 Å². The summed E-state index contributed by atoms with van der Waals surface area (Å²) in [6.45, 7) is 11.5. The molecular formula is C24H45N3O2. The lowest BCUT2D eigenvalue weighted by molar-refractivity contribution is -0.136. The van der Waals surface area contributed by atoms with Crippen LogP contribution in [0.3, 0.4) is 0 Å². The first-order valence-electron chi connectivity index (χ1n) is 11.9. The minimum absolute atomic E-state index is 0.0225. The van der Waals surface area contributed by atoms with Crippen LogP contribution >= 0.6 is 0 Å². The molecule has 2 bridgehead atoms. The second kappa shape index (κ2) is 10.8. The molecular weight excluding hydrogens is 362 g/mol. The van der Waals surface area contributed by atoms with Crippen molar-refractivity contribution in [3.8, 4) is 0 Å². The number of carbonyl (C=O) groups is 2. The number of piperidine rings is 1. The van der Waals surface area contributed by atoms with Crippen molar-refractivity contribution in [3.63, 3.8) is 0 Å². The molecule has 0 radical (unpaired) electrons. The van der Waals surface area contributed by atoms with E-state index in [9.17, 15) is 9.59 Å². The van der Waals surface area contributed by atoms with Gasteiger partial charge in [0.1, 0.15) is 0 Å². The van der Waals surface area contributed by atoms with Gasteiger partial charge in [-0.1, -0.05) is 47.5 Å². The molecule has 0 spiro atoms. The Morgan fingerprint density at radius 1 is 1.07 bits per heavy atom. The minimum atomic E-state index is -0.0623. The third-order valence-corrected chi connectivity index (χ3v) is 6.78. The highest BCUT2D eigenvalue weighted by atomic mass is 16.2. The number of fused-ring (bicyclic) bond motifs is 2. The lowest BCUT2D eigenvalue weighted by Gasteiger charge is -2.40. The number of hydrogen-bond acceptors (Lipinski definition) is 3. The van der Waals surface area contributed by atoms with E-state index in [0.29, 0.717) is 30.5 Å². The number of nitrogens with zero attached hydrogens (tertiary/aromatic N) is 2. The van der Waals surface area contributed by atoms with Crippen LogP contribution in [-0.4, -0.2) is 59.9 Å². The van der Waals surface area contributed by atoms with Gasteiger partial charge in [0.05, 0.1) is 6.54 Å². The summed E-state index contributed by atoms with van der Waals surface area (Å²) in [6, 6.07) is 1.69. The molecule has 5 heteroatoms. The van der Waals surface area contributed by atoms with Crippen LogP contribution in [0, 0.1) is 11.3 Å². The fraction of sp³-hybridized carbons (Fsp3) is 0.917. The van der Waals surface area contributed by atoms with Gasteiger partial charge in [0.15, 0.2) is 0 Å². The van der Waals surface area contributed by atoms with Gasteiger partial charge in [-0.05, 0) is 56.9 Å². The Bertz CT molecular complexity index is 523. The van der Waals surface area contributed by atoms with E-state index in [1.54, 1.807) is 0 Å². The van der Waals surface area contributed by atoms with Crippen molar-refractivity contribution < 1.29 is 9.59 Å². The van der Waals surface area contributed by atoms with Gasteiger partial charge in [0.25, 0.3) is 0 Å². The summed E-state index contributed by atoms with van der Waals surface area (Å²) in [4.78, 5) is 30.2. The second-order valence-corrected chi connectivity index (χ2v) is 10.7. The van der Waals surface area contributed by atoms with Gasteiger partial charge >= 0.3 is 0 Å². The Hall–Kier alpha value is -1.10. The number of carbonyl (C=O) groups excluding carboxylic acids is 2. The summed E-state index contributed by atoms with van der Waals surface area (Å²) in [5.41, 5.74) is -0.0623. The zero-order valence-electron chi connectivity index (χ0n) is 19.8. The molecule has 0 aromatic rings. The maximum absolute atomic E-state index is 13.2. The molecule has 0 aromatic carbocycles. The maximum Gasteiger partial charge on any atom is 0.242 e. The van der Waals surface area contributed by atoms with Crippen molar-refractivity contribution in [2.75, 3.05) is 20.1 Å². The Morgan fingerprint density at radius 2 is 1.62 bits per heavy atom. The molecule has 2 amide bonds. The van der Waals surface area contributed by atoms with Crippen molar-refractivity contribution >= 4 is 11.8 Å². The molecule has 1 unspecified atom stereocenters. The van der Waals surface area contributed by atoms with Crippen LogP contribution in [0.25, 0.3) is 0 Å². The van der Waals surface area contributed by atoms with Gasteiger partial charge < -0.3 is 15.1 Å². The standard InChI is InChI=1S/C24H45N3O2/c1-7-9-19(10-8-2)27(23(29)16-25-22(28)15-24(3,4)5)17-18-13-20-11-12-21(14-18)26(20)6/h18-21H,7-17H2,1-6H3,(H,25,28)/t18?,20-,21+. The van der Waals surface area contributed by atoms with E-state index in [2.05, 4.69) is 36.0 Å². The number of rotatable bonds is 10. The van der Waals surface area contributed by atoms with Gasteiger partial charge in [-0.15, -0.1) is 0 Å². The molecule has 0 saturated carbocycles. The van der Waals surface area contributed by atoms with Gasteiger partial charge in [0, 0.05) is 31.1 Å². The van der Waals surface area contributed by atoms with E-state index < -0.39 is 0 Å². The first-order valence-corrected chi connectivity index (χ1v) is 11.9. The monoisotopic (exact) mass is 407 g/mol.